The zero-order chi connectivity index (χ0) is 19.9. The number of carbonyl (C=O) groups is 1. The molecule has 0 radical (unpaired) electrons. The molecule has 7 nitrogen and oxygen atoms in total. The summed E-state index contributed by atoms with van der Waals surface area (Å²) >= 11 is 0. The molecule has 0 bridgehead atoms. The van der Waals surface area contributed by atoms with E-state index in [0.29, 0.717) is 30.4 Å². The molecule has 3 rings (SSSR count). The lowest BCUT2D eigenvalue weighted by Crippen LogP contribution is -2.34. The van der Waals surface area contributed by atoms with Crippen molar-refractivity contribution in [2.75, 3.05) is 20.6 Å². The van der Waals surface area contributed by atoms with Crippen LogP contribution in [-0.2, 0) is 17.6 Å². The summed E-state index contributed by atoms with van der Waals surface area (Å²) in [7, 11) is 4.03. The molecule has 0 saturated heterocycles. The average molecular weight is 382 g/mol. The van der Waals surface area contributed by atoms with Crippen LogP contribution in [0, 0.1) is 0 Å². The topological polar surface area (TPSA) is 84.4 Å². The first-order valence-corrected chi connectivity index (χ1v) is 9.45. The molecule has 1 amide bonds. The third kappa shape index (κ3) is 5.07. The number of benzene rings is 1. The van der Waals surface area contributed by atoms with E-state index in [1.54, 1.807) is 18.4 Å². The van der Waals surface area contributed by atoms with Crippen molar-refractivity contribution in [2.24, 2.45) is 0 Å². The maximum Gasteiger partial charge on any atom is 0.238 e. The minimum Gasteiger partial charge on any atom is -0.461 e. The maximum atomic E-state index is 12.3. The van der Waals surface area contributed by atoms with E-state index in [1.807, 2.05) is 14.1 Å². The minimum atomic E-state index is -0.0465. The zero-order valence-electron chi connectivity index (χ0n) is 16.5. The molecule has 1 atom stereocenters. The van der Waals surface area contributed by atoms with E-state index in [1.165, 1.54) is 11.1 Å². The highest BCUT2D eigenvalue weighted by atomic mass is 16.5. The summed E-state index contributed by atoms with van der Waals surface area (Å²) < 4.78 is 10.4. The fraction of sp³-hybridized carbons (Fsp3) is 0.381. The van der Waals surface area contributed by atoms with Gasteiger partial charge in [-0.3, -0.25) is 4.79 Å². The standard InChI is InChI=1S/C21H26N4O3/c1-4-15-7-9-16(10-8-15)17(25(2)3)14-22-19(26)11-12-20-23-21(24-28-20)18-6-5-13-27-18/h5-10,13,17H,4,11-12,14H2,1-3H3,(H,22,26). The van der Waals surface area contributed by atoms with Crippen LogP contribution in [0.1, 0.15) is 36.4 Å². The Bertz CT molecular complexity index is 869. The van der Waals surface area contributed by atoms with E-state index in [-0.39, 0.29) is 18.4 Å². The Balaban J connectivity index is 1.50. The Kier molecular flexibility index (Phi) is 6.60. The largest absolute Gasteiger partial charge is 0.461 e. The van der Waals surface area contributed by atoms with Crippen LogP contribution in [0.25, 0.3) is 11.6 Å². The van der Waals surface area contributed by atoms with E-state index < -0.39 is 0 Å². The predicted octanol–water partition coefficient (Wildman–Crippen LogP) is 3.24. The smallest absolute Gasteiger partial charge is 0.238 e. The lowest BCUT2D eigenvalue weighted by atomic mass is 10.0. The number of aryl methyl sites for hydroxylation is 2. The van der Waals surface area contributed by atoms with E-state index >= 15 is 0 Å². The molecule has 2 heterocycles. The molecule has 3 aromatic rings. The molecule has 0 spiro atoms. The Morgan fingerprint density at radius 2 is 2.00 bits per heavy atom. The second-order valence-corrected chi connectivity index (χ2v) is 6.87. The van der Waals surface area contributed by atoms with Crippen LogP contribution in [-0.4, -0.2) is 41.6 Å². The van der Waals surface area contributed by atoms with Crippen molar-refractivity contribution in [2.45, 2.75) is 32.2 Å². The van der Waals surface area contributed by atoms with Gasteiger partial charge in [0.2, 0.25) is 17.6 Å². The van der Waals surface area contributed by atoms with Gasteiger partial charge in [-0.15, -0.1) is 0 Å². The van der Waals surface area contributed by atoms with Crippen molar-refractivity contribution >= 4 is 5.91 Å². The van der Waals surface area contributed by atoms with Crippen LogP contribution in [0.3, 0.4) is 0 Å². The summed E-state index contributed by atoms with van der Waals surface area (Å²) in [6.07, 6.45) is 3.24. The predicted molar refractivity (Wildman–Crippen MR) is 106 cm³/mol. The number of hydrogen-bond acceptors (Lipinski definition) is 6. The molecular weight excluding hydrogens is 356 g/mol. The van der Waals surface area contributed by atoms with E-state index in [4.69, 9.17) is 8.94 Å². The SMILES string of the molecule is CCc1ccc(C(CNC(=O)CCc2nc(-c3ccco3)no2)N(C)C)cc1. The van der Waals surface area contributed by atoms with Crippen molar-refractivity contribution in [3.63, 3.8) is 0 Å². The number of furan rings is 1. The molecule has 0 aliphatic rings. The zero-order valence-corrected chi connectivity index (χ0v) is 16.5. The number of hydrogen-bond donors (Lipinski definition) is 1. The fourth-order valence-electron chi connectivity index (χ4n) is 2.96. The van der Waals surface area contributed by atoms with Gasteiger partial charge < -0.3 is 19.2 Å². The second kappa shape index (κ2) is 9.32. The molecule has 0 aliphatic heterocycles. The highest BCUT2D eigenvalue weighted by molar-refractivity contribution is 5.76. The summed E-state index contributed by atoms with van der Waals surface area (Å²) in [4.78, 5) is 18.6. The van der Waals surface area contributed by atoms with Gasteiger partial charge in [0, 0.05) is 19.4 Å². The molecule has 0 fully saturated rings. The van der Waals surface area contributed by atoms with Gasteiger partial charge in [0.1, 0.15) is 0 Å². The summed E-state index contributed by atoms with van der Waals surface area (Å²) in [6.45, 7) is 2.68. The van der Waals surface area contributed by atoms with Crippen molar-refractivity contribution in [3.8, 4) is 11.6 Å². The number of amides is 1. The van der Waals surface area contributed by atoms with E-state index in [0.717, 1.165) is 6.42 Å². The number of aromatic nitrogens is 2. The Hall–Kier alpha value is -2.93. The Labute approximate surface area is 164 Å². The molecule has 0 saturated carbocycles. The number of nitrogens with zero attached hydrogens (tertiary/aromatic N) is 3. The second-order valence-electron chi connectivity index (χ2n) is 6.87. The highest BCUT2D eigenvalue weighted by Crippen LogP contribution is 2.19. The molecule has 2 aromatic heterocycles. The minimum absolute atomic E-state index is 0.0465. The monoisotopic (exact) mass is 382 g/mol. The number of rotatable bonds is 9. The van der Waals surface area contributed by atoms with E-state index in [9.17, 15) is 4.79 Å². The lowest BCUT2D eigenvalue weighted by Gasteiger charge is -2.25. The summed E-state index contributed by atoms with van der Waals surface area (Å²) in [6, 6.07) is 12.2. The van der Waals surface area contributed by atoms with Gasteiger partial charge in [0.15, 0.2) is 5.76 Å². The fourth-order valence-corrected chi connectivity index (χ4v) is 2.96. The number of carbonyl (C=O) groups excluding carboxylic acids is 1. The Morgan fingerprint density at radius 1 is 1.21 bits per heavy atom. The molecule has 28 heavy (non-hydrogen) atoms. The molecule has 0 aliphatic carbocycles. The van der Waals surface area contributed by atoms with Crippen molar-refractivity contribution < 1.29 is 13.7 Å². The highest BCUT2D eigenvalue weighted by Gasteiger charge is 2.16. The van der Waals surface area contributed by atoms with Crippen LogP contribution >= 0.6 is 0 Å². The molecule has 1 unspecified atom stereocenters. The third-order valence-corrected chi connectivity index (χ3v) is 4.66. The first kappa shape index (κ1) is 19.8. The first-order chi connectivity index (χ1) is 13.6. The molecule has 7 heteroatoms. The lowest BCUT2D eigenvalue weighted by molar-refractivity contribution is -0.121. The van der Waals surface area contributed by atoms with Crippen LogP contribution in [0.4, 0.5) is 0 Å². The summed E-state index contributed by atoms with van der Waals surface area (Å²) in [5.41, 5.74) is 2.49. The Morgan fingerprint density at radius 3 is 2.64 bits per heavy atom. The van der Waals surface area contributed by atoms with E-state index in [2.05, 4.69) is 51.5 Å². The van der Waals surface area contributed by atoms with Crippen LogP contribution in [0.2, 0.25) is 0 Å². The van der Waals surface area contributed by atoms with Crippen molar-refractivity contribution in [3.05, 3.63) is 59.7 Å². The molecule has 1 aromatic carbocycles. The van der Waals surface area contributed by atoms with Gasteiger partial charge in [0.25, 0.3) is 0 Å². The average Bonchev–Trinajstić information content (AvgIpc) is 3.38. The van der Waals surface area contributed by atoms with Gasteiger partial charge in [0.05, 0.1) is 12.3 Å². The quantitative estimate of drug-likeness (QED) is 0.612. The maximum absolute atomic E-state index is 12.3. The first-order valence-electron chi connectivity index (χ1n) is 9.45. The number of likely N-dealkylation sites (N-methyl/N-ethyl adjacent to an activating group) is 1. The molecular formula is C21H26N4O3. The van der Waals surface area contributed by atoms with Gasteiger partial charge in [-0.25, -0.2) is 0 Å². The molecule has 1 N–H and O–H groups in total. The van der Waals surface area contributed by atoms with Gasteiger partial charge in [-0.05, 0) is 43.8 Å². The van der Waals surface area contributed by atoms with Gasteiger partial charge in [-0.1, -0.05) is 36.3 Å². The summed E-state index contributed by atoms with van der Waals surface area (Å²) in [5, 5.41) is 6.88. The van der Waals surface area contributed by atoms with Gasteiger partial charge in [-0.2, -0.15) is 4.98 Å². The van der Waals surface area contributed by atoms with Crippen molar-refractivity contribution in [1.82, 2.24) is 20.4 Å². The van der Waals surface area contributed by atoms with Crippen LogP contribution in [0.5, 0.6) is 0 Å². The number of nitrogens with one attached hydrogen (secondary N) is 1. The van der Waals surface area contributed by atoms with Crippen LogP contribution < -0.4 is 5.32 Å². The molecule has 148 valence electrons. The van der Waals surface area contributed by atoms with Crippen molar-refractivity contribution in [1.29, 1.82) is 0 Å². The van der Waals surface area contributed by atoms with Gasteiger partial charge >= 0.3 is 0 Å². The third-order valence-electron chi connectivity index (χ3n) is 4.66. The summed E-state index contributed by atoms with van der Waals surface area (Å²) in [5.74, 6) is 1.31. The van der Waals surface area contributed by atoms with Crippen LogP contribution in [0.15, 0.2) is 51.6 Å². The normalized spacial score (nSPS) is 12.3.